The van der Waals surface area contributed by atoms with Crippen molar-refractivity contribution in [3.05, 3.63) is 41.2 Å². The Kier molecular flexibility index (Phi) is 4.48. The molecule has 8 heteroatoms. The number of nitrogens with two attached hydrogens (primary N) is 1. The zero-order valence-corrected chi connectivity index (χ0v) is 12.1. The Labute approximate surface area is 125 Å². The summed E-state index contributed by atoms with van der Waals surface area (Å²) in [7, 11) is 0. The van der Waals surface area contributed by atoms with E-state index in [0.717, 1.165) is 12.1 Å². The molecule has 22 heavy (non-hydrogen) atoms. The fourth-order valence-electron chi connectivity index (χ4n) is 2.05. The number of nitrogens with zero attached hydrogens (tertiary/aromatic N) is 3. The Balaban J connectivity index is 2.21. The van der Waals surface area contributed by atoms with Crippen molar-refractivity contribution in [1.82, 2.24) is 15.0 Å². The lowest BCUT2D eigenvalue weighted by Gasteiger charge is -2.18. The van der Waals surface area contributed by atoms with Gasteiger partial charge in [0.05, 0.1) is 11.6 Å². The molecule has 0 saturated heterocycles. The zero-order chi connectivity index (χ0) is 16.3. The first kappa shape index (κ1) is 16.0. The highest BCUT2D eigenvalue weighted by molar-refractivity contribution is 5.36. The summed E-state index contributed by atoms with van der Waals surface area (Å²) in [6, 6.07) is 4.80. The van der Waals surface area contributed by atoms with E-state index >= 15 is 0 Å². The third-order valence-corrected chi connectivity index (χ3v) is 3.12. The van der Waals surface area contributed by atoms with Gasteiger partial charge >= 0.3 is 6.18 Å². The Morgan fingerprint density at radius 3 is 2.27 bits per heavy atom. The van der Waals surface area contributed by atoms with Crippen molar-refractivity contribution in [2.45, 2.75) is 32.5 Å². The standard InChI is InChI=1S/C14H16F3N5/c1-3-11(21-13-20-8(2)19-12(18)22-13)9-4-6-10(7-5-9)14(15,16)17/h4-7,11H,3H2,1-2H3,(H3,18,19,20,21,22). The van der Waals surface area contributed by atoms with E-state index in [-0.39, 0.29) is 12.0 Å². The number of nitrogen functional groups attached to an aromatic ring is 1. The molecule has 0 aliphatic carbocycles. The molecule has 2 aromatic rings. The number of aryl methyl sites for hydroxylation is 1. The van der Waals surface area contributed by atoms with Crippen LogP contribution in [0.3, 0.4) is 0 Å². The molecule has 0 amide bonds. The van der Waals surface area contributed by atoms with Crippen molar-refractivity contribution >= 4 is 11.9 Å². The van der Waals surface area contributed by atoms with Crippen LogP contribution in [0.15, 0.2) is 24.3 Å². The van der Waals surface area contributed by atoms with Crippen LogP contribution in [0.1, 0.15) is 36.3 Å². The number of alkyl halides is 3. The minimum absolute atomic E-state index is 0.0947. The number of nitrogens with one attached hydrogen (secondary N) is 1. The van der Waals surface area contributed by atoms with Crippen molar-refractivity contribution in [2.75, 3.05) is 11.1 Å². The molecule has 0 spiro atoms. The Bertz CT molecular complexity index is 620. The van der Waals surface area contributed by atoms with Crippen molar-refractivity contribution in [2.24, 2.45) is 0 Å². The lowest BCUT2D eigenvalue weighted by atomic mass is 10.0. The van der Waals surface area contributed by atoms with E-state index < -0.39 is 11.7 Å². The molecule has 0 aliphatic heterocycles. The van der Waals surface area contributed by atoms with Crippen LogP contribution >= 0.6 is 0 Å². The maximum atomic E-state index is 12.6. The van der Waals surface area contributed by atoms with Crippen LogP contribution in [0.5, 0.6) is 0 Å². The SMILES string of the molecule is CCC(Nc1nc(C)nc(N)n1)c1ccc(C(F)(F)F)cc1. The average molecular weight is 311 g/mol. The van der Waals surface area contributed by atoms with Crippen molar-refractivity contribution in [1.29, 1.82) is 0 Å². The molecule has 2 rings (SSSR count). The van der Waals surface area contributed by atoms with Crippen LogP contribution in [0.25, 0.3) is 0 Å². The summed E-state index contributed by atoms with van der Waals surface area (Å²) in [5.41, 5.74) is 5.60. The Morgan fingerprint density at radius 1 is 1.14 bits per heavy atom. The molecule has 0 radical (unpaired) electrons. The molecule has 1 aromatic carbocycles. The van der Waals surface area contributed by atoms with Gasteiger partial charge in [0.15, 0.2) is 0 Å². The number of rotatable bonds is 4. The highest BCUT2D eigenvalue weighted by Crippen LogP contribution is 2.30. The molecule has 1 unspecified atom stereocenters. The summed E-state index contributed by atoms with van der Waals surface area (Å²) in [6.45, 7) is 3.59. The summed E-state index contributed by atoms with van der Waals surface area (Å²) in [5, 5.41) is 3.06. The molecule has 118 valence electrons. The molecular weight excluding hydrogens is 295 g/mol. The maximum absolute atomic E-state index is 12.6. The highest BCUT2D eigenvalue weighted by atomic mass is 19.4. The fourth-order valence-corrected chi connectivity index (χ4v) is 2.05. The quantitative estimate of drug-likeness (QED) is 0.905. The number of benzene rings is 1. The lowest BCUT2D eigenvalue weighted by Crippen LogP contribution is -2.14. The smallest absolute Gasteiger partial charge is 0.368 e. The van der Waals surface area contributed by atoms with Gasteiger partial charge in [-0.1, -0.05) is 19.1 Å². The number of halogens is 3. The van der Waals surface area contributed by atoms with Gasteiger partial charge in [-0.2, -0.15) is 28.1 Å². The van der Waals surface area contributed by atoms with Crippen LogP contribution < -0.4 is 11.1 Å². The van der Waals surface area contributed by atoms with Crippen molar-refractivity contribution in [3.8, 4) is 0 Å². The summed E-state index contributed by atoms with van der Waals surface area (Å²) in [5.74, 6) is 0.867. The molecular formula is C14H16F3N5. The topological polar surface area (TPSA) is 76.7 Å². The van der Waals surface area contributed by atoms with E-state index in [9.17, 15) is 13.2 Å². The summed E-state index contributed by atoms with van der Waals surface area (Å²) < 4.78 is 37.7. The van der Waals surface area contributed by atoms with Crippen LogP contribution in [0, 0.1) is 6.92 Å². The van der Waals surface area contributed by atoms with Gasteiger partial charge in [-0.3, -0.25) is 0 Å². The van der Waals surface area contributed by atoms with Crippen LogP contribution in [-0.4, -0.2) is 15.0 Å². The lowest BCUT2D eigenvalue weighted by molar-refractivity contribution is -0.137. The average Bonchev–Trinajstić information content (AvgIpc) is 2.43. The maximum Gasteiger partial charge on any atom is 0.416 e. The third-order valence-electron chi connectivity index (χ3n) is 3.12. The Hall–Kier alpha value is -2.38. The molecule has 0 aliphatic rings. The van der Waals surface area contributed by atoms with Gasteiger partial charge in [-0.15, -0.1) is 0 Å². The monoisotopic (exact) mass is 311 g/mol. The molecule has 0 fully saturated rings. The first-order chi connectivity index (χ1) is 10.3. The number of hydrogen-bond donors (Lipinski definition) is 2. The van der Waals surface area contributed by atoms with Crippen molar-refractivity contribution < 1.29 is 13.2 Å². The predicted molar refractivity (Wildman–Crippen MR) is 77.1 cm³/mol. The van der Waals surface area contributed by atoms with Gasteiger partial charge < -0.3 is 11.1 Å². The first-order valence-corrected chi connectivity index (χ1v) is 6.71. The second-order valence-corrected chi connectivity index (χ2v) is 4.79. The van der Waals surface area contributed by atoms with Gasteiger partial charge in [0.2, 0.25) is 11.9 Å². The molecule has 1 aromatic heterocycles. The molecule has 0 saturated carbocycles. The van der Waals surface area contributed by atoms with Crippen LogP contribution in [-0.2, 0) is 6.18 Å². The summed E-state index contributed by atoms with van der Waals surface area (Å²) >= 11 is 0. The molecule has 5 nitrogen and oxygen atoms in total. The summed E-state index contributed by atoms with van der Waals surface area (Å²) in [4.78, 5) is 11.9. The van der Waals surface area contributed by atoms with Crippen molar-refractivity contribution in [3.63, 3.8) is 0 Å². The third kappa shape index (κ3) is 3.84. The molecule has 1 atom stereocenters. The van der Waals surface area contributed by atoms with E-state index in [1.54, 1.807) is 6.92 Å². The Morgan fingerprint density at radius 2 is 1.77 bits per heavy atom. The number of hydrogen-bond acceptors (Lipinski definition) is 5. The normalized spacial score (nSPS) is 13.0. The first-order valence-electron chi connectivity index (χ1n) is 6.71. The van der Waals surface area contributed by atoms with E-state index in [1.165, 1.54) is 12.1 Å². The second kappa shape index (κ2) is 6.17. The van der Waals surface area contributed by atoms with Gasteiger partial charge in [-0.05, 0) is 31.0 Å². The summed E-state index contributed by atoms with van der Waals surface area (Å²) in [6.07, 6.45) is -3.69. The van der Waals surface area contributed by atoms with Gasteiger partial charge in [0.25, 0.3) is 0 Å². The number of aromatic nitrogens is 3. The van der Waals surface area contributed by atoms with Crippen LogP contribution in [0.2, 0.25) is 0 Å². The molecule has 0 bridgehead atoms. The molecule has 1 heterocycles. The van der Waals surface area contributed by atoms with Crippen LogP contribution in [0.4, 0.5) is 25.1 Å². The zero-order valence-electron chi connectivity index (χ0n) is 12.1. The van der Waals surface area contributed by atoms with E-state index in [4.69, 9.17) is 5.73 Å². The van der Waals surface area contributed by atoms with Gasteiger partial charge in [0, 0.05) is 0 Å². The minimum atomic E-state index is -4.34. The largest absolute Gasteiger partial charge is 0.416 e. The predicted octanol–water partition coefficient (Wildman–Crippen LogP) is 3.34. The number of anilines is 2. The minimum Gasteiger partial charge on any atom is -0.368 e. The van der Waals surface area contributed by atoms with E-state index in [1.807, 2.05) is 6.92 Å². The second-order valence-electron chi connectivity index (χ2n) is 4.79. The van der Waals surface area contributed by atoms with E-state index in [2.05, 4.69) is 20.3 Å². The fraction of sp³-hybridized carbons (Fsp3) is 0.357. The molecule has 3 N–H and O–H groups in total. The van der Waals surface area contributed by atoms with Gasteiger partial charge in [0.1, 0.15) is 5.82 Å². The van der Waals surface area contributed by atoms with E-state index in [0.29, 0.717) is 23.8 Å². The highest BCUT2D eigenvalue weighted by Gasteiger charge is 2.30. The van der Waals surface area contributed by atoms with Gasteiger partial charge in [-0.25, -0.2) is 0 Å².